The van der Waals surface area contributed by atoms with Gasteiger partial charge in [-0.05, 0) is 38.1 Å². The highest BCUT2D eigenvalue weighted by molar-refractivity contribution is 6.00. The molecular weight excluding hydrogens is 263 g/mol. The topological polar surface area (TPSA) is 69.6 Å². The average molecular weight is 280 g/mol. The number of nitrogens with one attached hydrogen (secondary N) is 1. The fraction of sp³-hybridized carbons (Fsp3) is 0.429. The van der Waals surface area contributed by atoms with E-state index in [2.05, 4.69) is 10.2 Å². The monoisotopic (exact) mass is 280 g/mol. The standard InChI is InChI=1S/C14H17FN2O3/c15-10-4-3-5-11(13(10)14(19)20)16-12(18)6-9-17-7-1-2-8-17/h3-5H,1-2,6-9H2,(H,16,18)(H,19,20). The van der Waals surface area contributed by atoms with Crippen molar-refractivity contribution >= 4 is 17.6 Å². The zero-order valence-corrected chi connectivity index (χ0v) is 11.1. The minimum atomic E-state index is -1.39. The van der Waals surface area contributed by atoms with Gasteiger partial charge in [-0.15, -0.1) is 0 Å². The number of benzene rings is 1. The molecule has 5 nitrogen and oxygen atoms in total. The fourth-order valence-electron chi connectivity index (χ4n) is 2.32. The van der Waals surface area contributed by atoms with E-state index in [0.29, 0.717) is 6.54 Å². The largest absolute Gasteiger partial charge is 0.478 e. The van der Waals surface area contributed by atoms with E-state index in [0.717, 1.165) is 32.0 Å². The lowest BCUT2D eigenvalue weighted by molar-refractivity contribution is -0.116. The highest BCUT2D eigenvalue weighted by atomic mass is 19.1. The first-order valence-electron chi connectivity index (χ1n) is 6.62. The summed E-state index contributed by atoms with van der Waals surface area (Å²) in [6, 6.07) is 3.82. The summed E-state index contributed by atoms with van der Waals surface area (Å²) in [4.78, 5) is 25.0. The highest BCUT2D eigenvalue weighted by Gasteiger charge is 2.18. The Kier molecular flexibility index (Phi) is 4.68. The Morgan fingerprint density at radius 3 is 2.65 bits per heavy atom. The van der Waals surface area contributed by atoms with E-state index in [1.807, 2.05) is 0 Å². The molecule has 1 aliphatic rings. The molecule has 2 N–H and O–H groups in total. The van der Waals surface area contributed by atoms with Crippen LogP contribution in [0.4, 0.5) is 10.1 Å². The minimum absolute atomic E-state index is 0.00363. The van der Waals surface area contributed by atoms with Gasteiger partial charge in [0.2, 0.25) is 5.91 Å². The number of rotatable bonds is 5. The van der Waals surface area contributed by atoms with Crippen molar-refractivity contribution in [2.75, 3.05) is 25.0 Å². The van der Waals surface area contributed by atoms with Crippen molar-refractivity contribution in [1.82, 2.24) is 4.90 Å². The van der Waals surface area contributed by atoms with E-state index in [1.165, 1.54) is 12.1 Å². The van der Waals surface area contributed by atoms with Crippen molar-refractivity contribution in [3.8, 4) is 0 Å². The minimum Gasteiger partial charge on any atom is -0.478 e. The van der Waals surface area contributed by atoms with Crippen LogP contribution in [0.3, 0.4) is 0 Å². The van der Waals surface area contributed by atoms with Gasteiger partial charge in [-0.3, -0.25) is 4.79 Å². The normalized spacial score (nSPS) is 15.2. The molecule has 0 aliphatic carbocycles. The number of anilines is 1. The van der Waals surface area contributed by atoms with Crippen LogP contribution < -0.4 is 5.32 Å². The van der Waals surface area contributed by atoms with E-state index >= 15 is 0 Å². The number of carbonyl (C=O) groups excluding carboxylic acids is 1. The molecule has 1 saturated heterocycles. The van der Waals surface area contributed by atoms with Crippen LogP contribution in [-0.4, -0.2) is 41.5 Å². The fourth-order valence-corrected chi connectivity index (χ4v) is 2.32. The smallest absolute Gasteiger partial charge is 0.340 e. The zero-order valence-electron chi connectivity index (χ0n) is 11.1. The van der Waals surface area contributed by atoms with Crippen LogP contribution in [0.25, 0.3) is 0 Å². The van der Waals surface area contributed by atoms with Crippen LogP contribution in [0.5, 0.6) is 0 Å². The molecule has 0 bridgehead atoms. The summed E-state index contributed by atoms with van der Waals surface area (Å²) in [7, 11) is 0. The summed E-state index contributed by atoms with van der Waals surface area (Å²) in [6.45, 7) is 2.63. The SMILES string of the molecule is O=C(CCN1CCCC1)Nc1cccc(F)c1C(=O)O. The van der Waals surface area contributed by atoms with Crippen molar-refractivity contribution in [2.24, 2.45) is 0 Å². The van der Waals surface area contributed by atoms with Gasteiger partial charge in [-0.1, -0.05) is 6.07 Å². The van der Waals surface area contributed by atoms with Gasteiger partial charge in [0.1, 0.15) is 11.4 Å². The summed E-state index contributed by atoms with van der Waals surface area (Å²) in [5, 5.41) is 11.4. The first-order chi connectivity index (χ1) is 9.58. The molecule has 1 fully saturated rings. The number of carboxylic acid groups (broad SMARTS) is 1. The zero-order chi connectivity index (χ0) is 14.5. The second-order valence-corrected chi connectivity index (χ2v) is 4.81. The van der Waals surface area contributed by atoms with E-state index in [1.54, 1.807) is 0 Å². The summed E-state index contributed by atoms with van der Waals surface area (Å²) in [5.41, 5.74) is -0.494. The van der Waals surface area contributed by atoms with Gasteiger partial charge in [-0.25, -0.2) is 9.18 Å². The molecule has 6 heteroatoms. The van der Waals surface area contributed by atoms with Gasteiger partial charge in [0.15, 0.2) is 0 Å². The molecule has 108 valence electrons. The Hall–Kier alpha value is -1.95. The molecule has 0 unspecified atom stereocenters. The maximum Gasteiger partial charge on any atom is 0.340 e. The summed E-state index contributed by atoms with van der Waals surface area (Å²) >= 11 is 0. The number of likely N-dealkylation sites (tertiary alicyclic amines) is 1. The molecule has 1 amide bonds. The van der Waals surface area contributed by atoms with Crippen molar-refractivity contribution in [1.29, 1.82) is 0 Å². The first-order valence-corrected chi connectivity index (χ1v) is 6.62. The molecule has 20 heavy (non-hydrogen) atoms. The number of nitrogens with zero attached hydrogens (tertiary/aromatic N) is 1. The lowest BCUT2D eigenvalue weighted by Gasteiger charge is -2.14. The maximum atomic E-state index is 13.4. The van der Waals surface area contributed by atoms with Crippen LogP contribution in [0.1, 0.15) is 29.6 Å². The van der Waals surface area contributed by atoms with E-state index in [4.69, 9.17) is 5.11 Å². The van der Waals surface area contributed by atoms with Crippen LogP contribution in [-0.2, 0) is 4.79 Å². The third kappa shape index (κ3) is 3.54. The Bertz CT molecular complexity index is 513. The average Bonchev–Trinajstić information content (AvgIpc) is 2.89. The highest BCUT2D eigenvalue weighted by Crippen LogP contribution is 2.19. The number of hydrogen-bond acceptors (Lipinski definition) is 3. The molecule has 1 aromatic rings. The molecule has 1 aliphatic heterocycles. The second-order valence-electron chi connectivity index (χ2n) is 4.81. The first kappa shape index (κ1) is 14.5. The predicted octanol–water partition coefficient (Wildman–Crippen LogP) is 1.95. The van der Waals surface area contributed by atoms with Gasteiger partial charge in [0, 0.05) is 13.0 Å². The Balaban J connectivity index is 1.96. The molecule has 0 atom stereocenters. The van der Waals surface area contributed by atoms with Gasteiger partial charge in [0.05, 0.1) is 5.69 Å². The number of aromatic carboxylic acids is 1. The molecule has 0 aromatic heterocycles. The molecule has 0 radical (unpaired) electrons. The number of halogens is 1. The van der Waals surface area contributed by atoms with Gasteiger partial charge >= 0.3 is 5.97 Å². The number of amides is 1. The maximum absolute atomic E-state index is 13.4. The molecular formula is C14H17FN2O3. The van der Waals surface area contributed by atoms with E-state index in [9.17, 15) is 14.0 Å². The molecule has 2 rings (SSSR count). The molecule has 0 saturated carbocycles. The molecule has 0 spiro atoms. The van der Waals surface area contributed by atoms with Gasteiger partial charge in [-0.2, -0.15) is 0 Å². The van der Waals surface area contributed by atoms with Gasteiger partial charge < -0.3 is 15.3 Å². The van der Waals surface area contributed by atoms with Crippen LogP contribution >= 0.6 is 0 Å². The summed E-state index contributed by atoms with van der Waals surface area (Å²) in [5.74, 6) is -2.54. The van der Waals surface area contributed by atoms with Crippen molar-refractivity contribution in [2.45, 2.75) is 19.3 Å². The molecule has 1 heterocycles. The Morgan fingerprint density at radius 1 is 1.30 bits per heavy atom. The molecule has 1 aromatic carbocycles. The van der Waals surface area contributed by atoms with Crippen molar-refractivity contribution in [3.63, 3.8) is 0 Å². The number of carboxylic acids is 1. The van der Waals surface area contributed by atoms with Gasteiger partial charge in [0.25, 0.3) is 0 Å². The summed E-state index contributed by atoms with van der Waals surface area (Å²) < 4.78 is 13.4. The van der Waals surface area contributed by atoms with Crippen LogP contribution in [0.15, 0.2) is 18.2 Å². The van der Waals surface area contributed by atoms with Crippen LogP contribution in [0, 0.1) is 5.82 Å². The lowest BCUT2D eigenvalue weighted by Crippen LogP contribution is -2.25. The van der Waals surface area contributed by atoms with E-state index in [-0.39, 0.29) is 18.0 Å². The van der Waals surface area contributed by atoms with E-state index < -0.39 is 17.3 Å². The van der Waals surface area contributed by atoms with Crippen molar-refractivity contribution < 1.29 is 19.1 Å². The number of hydrogen-bond donors (Lipinski definition) is 2. The number of carbonyl (C=O) groups is 2. The Labute approximate surface area is 116 Å². The predicted molar refractivity (Wildman–Crippen MR) is 72.3 cm³/mol. The second kappa shape index (κ2) is 6.47. The quantitative estimate of drug-likeness (QED) is 0.865. The third-order valence-corrected chi connectivity index (χ3v) is 3.36. The third-order valence-electron chi connectivity index (χ3n) is 3.36. The van der Waals surface area contributed by atoms with Crippen molar-refractivity contribution in [3.05, 3.63) is 29.6 Å². The lowest BCUT2D eigenvalue weighted by atomic mass is 10.1. The summed E-state index contributed by atoms with van der Waals surface area (Å²) in [6.07, 6.45) is 2.57. The van der Waals surface area contributed by atoms with Crippen LogP contribution in [0.2, 0.25) is 0 Å². The Morgan fingerprint density at radius 2 is 2.00 bits per heavy atom.